The van der Waals surface area contributed by atoms with Gasteiger partial charge in [0.1, 0.15) is 15.8 Å². The normalized spacial score (nSPS) is 22.2. The van der Waals surface area contributed by atoms with E-state index in [0.717, 1.165) is 38.5 Å². The van der Waals surface area contributed by atoms with E-state index in [1.165, 1.54) is 35.4 Å². The second kappa shape index (κ2) is 8.74. The molecular formula is C23H26N4O2S2. The van der Waals surface area contributed by atoms with Gasteiger partial charge in [0.2, 0.25) is 0 Å². The van der Waals surface area contributed by atoms with Crippen LogP contribution < -0.4 is 10.9 Å². The van der Waals surface area contributed by atoms with Gasteiger partial charge in [-0.05, 0) is 43.9 Å². The van der Waals surface area contributed by atoms with E-state index in [2.05, 4.69) is 5.32 Å². The standard InChI is InChI=1S/C23H26N4O2S2/c28-21-17(14-18-22(29)27(23(30)31-18)16-10-4-5-11-16)20(24-15-8-2-1-3-9-15)25-19-12-6-7-13-26(19)21/h6-7,12-16,24H,1-5,8-11H2. The smallest absolute Gasteiger partial charge is 0.267 e. The highest BCUT2D eigenvalue weighted by molar-refractivity contribution is 8.26. The largest absolute Gasteiger partial charge is 0.367 e. The highest BCUT2D eigenvalue weighted by Crippen LogP contribution is 2.38. The number of thiocarbonyl (C=S) groups is 1. The average Bonchev–Trinajstić information content (AvgIpc) is 3.39. The van der Waals surface area contributed by atoms with E-state index in [4.69, 9.17) is 17.2 Å². The molecule has 1 aliphatic heterocycles. The number of hydrogen-bond donors (Lipinski definition) is 1. The fraction of sp³-hybridized carbons (Fsp3) is 0.478. The number of anilines is 1. The van der Waals surface area contributed by atoms with Crippen LogP contribution in [0.4, 0.5) is 5.82 Å². The van der Waals surface area contributed by atoms with E-state index in [1.54, 1.807) is 17.2 Å². The summed E-state index contributed by atoms with van der Waals surface area (Å²) in [6.45, 7) is 0. The fourth-order valence-electron chi connectivity index (χ4n) is 4.87. The number of amides is 1. The lowest BCUT2D eigenvalue weighted by Crippen LogP contribution is -2.36. The predicted molar refractivity (Wildman–Crippen MR) is 129 cm³/mol. The van der Waals surface area contributed by atoms with E-state index in [1.807, 2.05) is 18.2 Å². The van der Waals surface area contributed by atoms with Crippen LogP contribution in [0.15, 0.2) is 34.1 Å². The van der Waals surface area contributed by atoms with E-state index in [0.29, 0.717) is 32.3 Å². The minimum Gasteiger partial charge on any atom is -0.367 e. The Labute approximate surface area is 191 Å². The van der Waals surface area contributed by atoms with Crippen molar-refractivity contribution in [3.05, 3.63) is 45.2 Å². The molecule has 0 spiro atoms. The number of carbonyl (C=O) groups excluding carboxylic acids is 1. The molecule has 0 bridgehead atoms. The molecule has 1 amide bonds. The summed E-state index contributed by atoms with van der Waals surface area (Å²) in [5, 5.41) is 3.51. The van der Waals surface area contributed by atoms with Crippen LogP contribution in [0.2, 0.25) is 0 Å². The van der Waals surface area contributed by atoms with Gasteiger partial charge in [0, 0.05) is 18.3 Å². The Morgan fingerprint density at radius 3 is 2.58 bits per heavy atom. The quantitative estimate of drug-likeness (QED) is 0.539. The molecular weight excluding hydrogens is 428 g/mol. The Bertz CT molecular complexity index is 1110. The van der Waals surface area contributed by atoms with Crippen molar-refractivity contribution < 1.29 is 4.79 Å². The molecule has 2 aromatic heterocycles. The SMILES string of the molecule is O=C1C(=Cc2c(NC3CCCCC3)nc3ccccn3c2=O)SC(=S)N1C1CCCC1. The maximum Gasteiger partial charge on any atom is 0.267 e. The first-order chi connectivity index (χ1) is 15.1. The van der Waals surface area contributed by atoms with Crippen LogP contribution in [0.3, 0.4) is 0 Å². The number of aromatic nitrogens is 2. The van der Waals surface area contributed by atoms with Crippen molar-refractivity contribution in [2.24, 2.45) is 0 Å². The molecule has 0 unspecified atom stereocenters. The number of pyridine rings is 1. The lowest BCUT2D eigenvalue weighted by Gasteiger charge is -2.24. The highest BCUT2D eigenvalue weighted by Gasteiger charge is 2.38. The summed E-state index contributed by atoms with van der Waals surface area (Å²) in [4.78, 5) is 33.6. The number of nitrogens with zero attached hydrogens (tertiary/aromatic N) is 3. The van der Waals surface area contributed by atoms with Gasteiger partial charge in [-0.1, -0.05) is 62.2 Å². The molecule has 0 atom stereocenters. The number of carbonyl (C=O) groups is 1. The maximum atomic E-state index is 13.4. The molecule has 5 rings (SSSR count). The zero-order chi connectivity index (χ0) is 21.4. The lowest BCUT2D eigenvalue weighted by atomic mass is 9.95. The van der Waals surface area contributed by atoms with Gasteiger partial charge in [0.25, 0.3) is 11.5 Å². The van der Waals surface area contributed by atoms with Gasteiger partial charge < -0.3 is 5.32 Å². The molecule has 31 heavy (non-hydrogen) atoms. The second-order valence-corrected chi connectivity index (χ2v) is 10.3. The molecule has 8 heteroatoms. The first kappa shape index (κ1) is 20.7. The minimum absolute atomic E-state index is 0.0805. The molecule has 1 N–H and O–H groups in total. The summed E-state index contributed by atoms with van der Waals surface area (Å²) in [5.74, 6) is 0.484. The number of nitrogens with one attached hydrogen (secondary N) is 1. The van der Waals surface area contributed by atoms with Gasteiger partial charge >= 0.3 is 0 Å². The summed E-state index contributed by atoms with van der Waals surface area (Å²) in [6.07, 6.45) is 13.4. The second-order valence-electron chi connectivity index (χ2n) is 8.58. The molecule has 1 saturated heterocycles. The number of hydrogen-bond acceptors (Lipinski definition) is 6. The van der Waals surface area contributed by atoms with E-state index < -0.39 is 0 Å². The summed E-state index contributed by atoms with van der Waals surface area (Å²) < 4.78 is 2.13. The van der Waals surface area contributed by atoms with Gasteiger partial charge in [-0.2, -0.15) is 0 Å². The van der Waals surface area contributed by atoms with Crippen molar-refractivity contribution in [3.63, 3.8) is 0 Å². The summed E-state index contributed by atoms with van der Waals surface area (Å²) in [6, 6.07) is 6.00. The third kappa shape index (κ3) is 4.03. The molecule has 2 aliphatic carbocycles. The Hall–Kier alpha value is -2.19. The van der Waals surface area contributed by atoms with Crippen molar-refractivity contribution in [1.29, 1.82) is 0 Å². The monoisotopic (exact) mass is 454 g/mol. The number of rotatable bonds is 4. The van der Waals surface area contributed by atoms with Gasteiger partial charge in [-0.25, -0.2) is 4.98 Å². The molecule has 162 valence electrons. The average molecular weight is 455 g/mol. The van der Waals surface area contributed by atoms with Crippen LogP contribution in [0.1, 0.15) is 63.4 Å². The Balaban J connectivity index is 1.55. The third-order valence-corrected chi connectivity index (χ3v) is 7.83. The zero-order valence-corrected chi connectivity index (χ0v) is 19.0. The van der Waals surface area contributed by atoms with Gasteiger partial charge in [0.05, 0.1) is 10.5 Å². The van der Waals surface area contributed by atoms with Crippen LogP contribution in [-0.4, -0.2) is 36.6 Å². The summed E-state index contributed by atoms with van der Waals surface area (Å²) in [5.41, 5.74) is 0.859. The minimum atomic E-state index is -0.171. The molecule has 0 radical (unpaired) electrons. The molecule has 0 aromatic carbocycles. The first-order valence-corrected chi connectivity index (χ1v) is 12.4. The Morgan fingerprint density at radius 2 is 1.81 bits per heavy atom. The Kier molecular flexibility index (Phi) is 5.84. The summed E-state index contributed by atoms with van der Waals surface area (Å²) >= 11 is 6.83. The molecule has 3 aliphatic rings. The molecule has 3 heterocycles. The van der Waals surface area contributed by atoms with Crippen LogP contribution in [-0.2, 0) is 4.79 Å². The van der Waals surface area contributed by atoms with Gasteiger partial charge in [-0.3, -0.25) is 18.9 Å². The number of fused-ring (bicyclic) bond motifs is 1. The fourth-order valence-corrected chi connectivity index (χ4v) is 6.25. The highest BCUT2D eigenvalue weighted by atomic mass is 32.2. The predicted octanol–water partition coefficient (Wildman–Crippen LogP) is 4.58. The van der Waals surface area contributed by atoms with Gasteiger partial charge in [-0.15, -0.1) is 0 Å². The van der Waals surface area contributed by atoms with Gasteiger partial charge in [0.15, 0.2) is 0 Å². The van der Waals surface area contributed by atoms with Crippen LogP contribution in [0.5, 0.6) is 0 Å². The molecule has 2 saturated carbocycles. The van der Waals surface area contributed by atoms with Crippen molar-refractivity contribution in [1.82, 2.24) is 14.3 Å². The molecule has 3 fully saturated rings. The first-order valence-electron chi connectivity index (χ1n) is 11.2. The summed E-state index contributed by atoms with van der Waals surface area (Å²) in [7, 11) is 0. The zero-order valence-electron chi connectivity index (χ0n) is 17.4. The molecule has 2 aromatic rings. The van der Waals surface area contributed by atoms with Crippen LogP contribution in [0, 0.1) is 0 Å². The third-order valence-electron chi connectivity index (χ3n) is 6.50. The maximum absolute atomic E-state index is 13.4. The van der Waals surface area contributed by atoms with E-state index in [-0.39, 0.29) is 17.5 Å². The lowest BCUT2D eigenvalue weighted by molar-refractivity contribution is -0.123. The van der Waals surface area contributed by atoms with Crippen LogP contribution in [0.25, 0.3) is 11.7 Å². The topological polar surface area (TPSA) is 66.7 Å². The van der Waals surface area contributed by atoms with Crippen molar-refractivity contribution in [2.45, 2.75) is 69.9 Å². The number of thioether (sulfide) groups is 1. The van der Waals surface area contributed by atoms with Crippen LogP contribution >= 0.6 is 24.0 Å². The van der Waals surface area contributed by atoms with Crippen molar-refractivity contribution >= 4 is 51.7 Å². The van der Waals surface area contributed by atoms with E-state index in [9.17, 15) is 9.59 Å². The molecule has 6 nitrogen and oxygen atoms in total. The van der Waals surface area contributed by atoms with Crippen molar-refractivity contribution in [2.75, 3.05) is 5.32 Å². The Morgan fingerprint density at radius 1 is 1.06 bits per heavy atom. The van der Waals surface area contributed by atoms with Crippen molar-refractivity contribution in [3.8, 4) is 0 Å². The van der Waals surface area contributed by atoms with E-state index >= 15 is 0 Å².